The van der Waals surface area contributed by atoms with Crippen molar-refractivity contribution < 1.29 is 18.3 Å². The molecule has 1 saturated carbocycles. The zero-order chi connectivity index (χ0) is 14.8. The lowest BCUT2D eigenvalue weighted by Crippen LogP contribution is -2.42. The first-order valence-corrected chi connectivity index (χ1v) is 6.39. The molecule has 0 radical (unpaired) electrons. The minimum absolute atomic E-state index is 0.0444. The van der Waals surface area contributed by atoms with E-state index in [1.54, 1.807) is 4.90 Å². The topological polar surface area (TPSA) is 74.4 Å². The molecule has 1 aliphatic rings. The Morgan fingerprint density at radius 3 is 2.55 bits per heavy atom. The van der Waals surface area contributed by atoms with Gasteiger partial charge in [-0.3, -0.25) is 0 Å². The van der Waals surface area contributed by atoms with Gasteiger partial charge in [-0.2, -0.15) is 13.2 Å². The number of aliphatic hydroxyl groups excluding tert-OH is 1. The summed E-state index contributed by atoms with van der Waals surface area (Å²) in [5.74, 6) is 5.32. The predicted molar refractivity (Wildman–Crippen MR) is 69.1 cm³/mol. The summed E-state index contributed by atoms with van der Waals surface area (Å²) < 4.78 is 38.6. The highest BCUT2D eigenvalue weighted by molar-refractivity contribution is 5.51. The monoisotopic (exact) mass is 290 g/mol. The second-order valence-corrected chi connectivity index (χ2v) is 4.74. The molecule has 8 heteroatoms. The van der Waals surface area contributed by atoms with E-state index < -0.39 is 11.7 Å². The zero-order valence-electron chi connectivity index (χ0n) is 10.8. The average Bonchev–Trinajstić information content (AvgIpc) is 2.34. The van der Waals surface area contributed by atoms with Gasteiger partial charge in [-0.15, -0.1) is 0 Å². The fourth-order valence-corrected chi connectivity index (χ4v) is 2.19. The summed E-state index contributed by atoms with van der Waals surface area (Å²) in [4.78, 5) is 5.77. The Hall–Kier alpha value is -1.54. The zero-order valence-corrected chi connectivity index (χ0v) is 10.8. The van der Waals surface area contributed by atoms with Crippen molar-refractivity contribution in [1.29, 1.82) is 0 Å². The molecule has 1 aliphatic carbocycles. The molecule has 1 fully saturated rings. The van der Waals surface area contributed by atoms with Gasteiger partial charge >= 0.3 is 6.18 Å². The third-order valence-electron chi connectivity index (χ3n) is 3.44. The summed E-state index contributed by atoms with van der Waals surface area (Å²) in [6.45, 7) is 0.114. The summed E-state index contributed by atoms with van der Waals surface area (Å²) in [5, 5.41) is 9.09. The van der Waals surface area contributed by atoms with Crippen LogP contribution < -0.4 is 16.2 Å². The Kier molecular flexibility index (Phi) is 4.34. The van der Waals surface area contributed by atoms with Crippen molar-refractivity contribution in [2.45, 2.75) is 31.5 Å². The van der Waals surface area contributed by atoms with E-state index in [0.29, 0.717) is 0 Å². The van der Waals surface area contributed by atoms with Crippen molar-refractivity contribution in [1.82, 2.24) is 4.98 Å². The SMILES string of the molecule is NNc1cc(C(F)(F)F)cc(N(CCO)C2CCC2)n1. The van der Waals surface area contributed by atoms with Crippen molar-refractivity contribution in [2.75, 3.05) is 23.5 Å². The Bertz CT molecular complexity index is 463. The normalized spacial score (nSPS) is 15.8. The van der Waals surface area contributed by atoms with Crippen LogP contribution in [0.25, 0.3) is 0 Å². The van der Waals surface area contributed by atoms with Gasteiger partial charge in [0.05, 0.1) is 12.2 Å². The van der Waals surface area contributed by atoms with Crippen molar-refractivity contribution in [2.24, 2.45) is 5.84 Å². The molecule has 4 N–H and O–H groups in total. The number of nitrogens with one attached hydrogen (secondary N) is 1. The standard InChI is InChI=1S/C12H17F3N4O/c13-12(14,15)8-6-10(18-16)17-11(7-8)19(4-5-20)9-2-1-3-9/h6-7,9,20H,1-5,16H2,(H,17,18). The minimum atomic E-state index is -4.46. The number of pyridine rings is 1. The fourth-order valence-electron chi connectivity index (χ4n) is 2.19. The van der Waals surface area contributed by atoms with Crippen molar-refractivity contribution in [3.05, 3.63) is 17.7 Å². The predicted octanol–water partition coefficient (Wildman–Crippen LogP) is 1.74. The molecule has 0 amide bonds. The molecule has 0 spiro atoms. The molecule has 0 aromatic carbocycles. The van der Waals surface area contributed by atoms with Crippen LogP contribution in [0.5, 0.6) is 0 Å². The number of rotatable bonds is 5. The van der Waals surface area contributed by atoms with Crippen LogP contribution in [0.4, 0.5) is 24.8 Å². The van der Waals surface area contributed by atoms with Gasteiger partial charge in [0.15, 0.2) is 0 Å². The number of halogens is 3. The molecular weight excluding hydrogens is 273 g/mol. The van der Waals surface area contributed by atoms with Crippen LogP contribution in [0.3, 0.4) is 0 Å². The number of nitrogens with two attached hydrogens (primary N) is 1. The molecule has 0 saturated heterocycles. The van der Waals surface area contributed by atoms with E-state index in [-0.39, 0.29) is 30.8 Å². The van der Waals surface area contributed by atoms with E-state index in [1.165, 1.54) is 0 Å². The maximum absolute atomic E-state index is 12.9. The van der Waals surface area contributed by atoms with E-state index >= 15 is 0 Å². The van der Waals surface area contributed by atoms with Gasteiger partial charge in [0.25, 0.3) is 0 Å². The third kappa shape index (κ3) is 3.13. The lowest BCUT2D eigenvalue weighted by molar-refractivity contribution is -0.137. The van der Waals surface area contributed by atoms with Gasteiger partial charge in [-0.05, 0) is 31.4 Å². The number of alkyl halides is 3. The van der Waals surface area contributed by atoms with Gasteiger partial charge in [0, 0.05) is 12.6 Å². The lowest BCUT2D eigenvalue weighted by atomic mass is 9.91. The van der Waals surface area contributed by atoms with E-state index in [4.69, 9.17) is 10.9 Å². The first kappa shape index (κ1) is 14.9. The molecule has 20 heavy (non-hydrogen) atoms. The number of aliphatic hydroxyl groups is 1. The number of hydrazine groups is 1. The smallest absolute Gasteiger partial charge is 0.395 e. The molecule has 0 bridgehead atoms. The quantitative estimate of drug-likeness (QED) is 0.569. The number of anilines is 2. The highest BCUT2D eigenvalue weighted by Gasteiger charge is 2.33. The second kappa shape index (κ2) is 5.84. The fraction of sp³-hybridized carbons (Fsp3) is 0.583. The third-order valence-corrected chi connectivity index (χ3v) is 3.44. The maximum Gasteiger partial charge on any atom is 0.416 e. The largest absolute Gasteiger partial charge is 0.416 e. The maximum atomic E-state index is 12.9. The van der Waals surface area contributed by atoms with Gasteiger partial charge in [-0.1, -0.05) is 0 Å². The van der Waals surface area contributed by atoms with Crippen molar-refractivity contribution in [3.8, 4) is 0 Å². The summed E-state index contributed by atoms with van der Waals surface area (Å²) in [5.41, 5.74) is 1.34. The summed E-state index contributed by atoms with van der Waals surface area (Å²) >= 11 is 0. The Morgan fingerprint density at radius 1 is 1.40 bits per heavy atom. The molecule has 1 heterocycles. The minimum Gasteiger partial charge on any atom is -0.395 e. The van der Waals surface area contributed by atoms with Gasteiger partial charge < -0.3 is 15.4 Å². The van der Waals surface area contributed by atoms with Crippen LogP contribution in [0, 0.1) is 0 Å². The second-order valence-electron chi connectivity index (χ2n) is 4.74. The summed E-state index contributed by atoms with van der Waals surface area (Å²) in [6.07, 6.45) is -1.64. The van der Waals surface area contributed by atoms with E-state index in [0.717, 1.165) is 31.4 Å². The lowest BCUT2D eigenvalue weighted by Gasteiger charge is -2.38. The van der Waals surface area contributed by atoms with Crippen LogP contribution in [-0.4, -0.2) is 29.3 Å². The summed E-state index contributed by atoms with van der Waals surface area (Å²) in [7, 11) is 0. The van der Waals surface area contributed by atoms with Crippen LogP contribution >= 0.6 is 0 Å². The molecule has 1 aromatic rings. The van der Waals surface area contributed by atoms with E-state index in [1.807, 2.05) is 0 Å². The van der Waals surface area contributed by atoms with E-state index in [2.05, 4.69) is 10.4 Å². The Morgan fingerprint density at radius 2 is 2.10 bits per heavy atom. The molecule has 2 rings (SSSR count). The molecule has 1 aromatic heterocycles. The highest BCUT2D eigenvalue weighted by Crippen LogP contribution is 2.35. The molecule has 0 aliphatic heterocycles. The average molecular weight is 290 g/mol. The van der Waals surface area contributed by atoms with E-state index in [9.17, 15) is 13.2 Å². The molecule has 0 atom stereocenters. The molecule has 112 valence electrons. The Balaban J connectivity index is 2.37. The number of nitrogen functional groups attached to an aromatic ring is 1. The molecular formula is C12H17F3N4O. The number of hydrogen-bond donors (Lipinski definition) is 3. The number of nitrogens with zero attached hydrogens (tertiary/aromatic N) is 2. The van der Waals surface area contributed by atoms with Crippen LogP contribution in [0.2, 0.25) is 0 Å². The van der Waals surface area contributed by atoms with Crippen molar-refractivity contribution in [3.63, 3.8) is 0 Å². The first-order chi connectivity index (χ1) is 9.45. The van der Waals surface area contributed by atoms with Gasteiger partial charge in [0.1, 0.15) is 11.6 Å². The van der Waals surface area contributed by atoms with Crippen LogP contribution in [0.1, 0.15) is 24.8 Å². The van der Waals surface area contributed by atoms with Crippen LogP contribution in [0.15, 0.2) is 12.1 Å². The van der Waals surface area contributed by atoms with Gasteiger partial charge in [0.2, 0.25) is 0 Å². The number of aromatic nitrogens is 1. The molecule has 0 unspecified atom stereocenters. The number of hydrogen-bond acceptors (Lipinski definition) is 5. The van der Waals surface area contributed by atoms with Crippen molar-refractivity contribution >= 4 is 11.6 Å². The first-order valence-electron chi connectivity index (χ1n) is 6.39. The van der Waals surface area contributed by atoms with Gasteiger partial charge in [-0.25, -0.2) is 10.8 Å². The highest BCUT2D eigenvalue weighted by atomic mass is 19.4. The molecule has 5 nitrogen and oxygen atoms in total. The Labute approximate surface area is 114 Å². The van der Waals surface area contributed by atoms with Crippen LogP contribution in [-0.2, 0) is 6.18 Å². The summed E-state index contributed by atoms with van der Waals surface area (Å²) in [6, 6.07) is 1.99.